The Morgan fingerprint density at radius 2 is 1.93 bits per heavy atom. The van der Waals surface area contributed by atoms with Crippen molar-refractivity contribution >= 4 is 17.5 Å². The summed E-state index contributed by atoms with van der Waals surface area (Å²) in [5.74, 6) is 0.671. The van der Waals surface area contributed by atoms with Crippen LogP contribution in [0.2, 0.25) is 5.02 Å². The summed E-state index contributed by atoms with van der Waals surface area (Å²) in [5.41, 5.74) is -0.824. The minimum Gasteiger partial charge on any atom is -0.491 e. The van der Waals surface area contributed by atoms with E-state index in [1.807, 2.05) is 38.1 Å². The van der Waals surface area contributed by atoms with E-state index >= 15 is 0 Å². The summed E-state index contributed by atoms with van der Waals surface area (Å²) in [4.78, 5) is 16.7. The highest BCUT2D eigenvalue weighted by Crippen LogP contribution is 2.23. The summed E-state index contributed by atoms with van der Waals surface area (Å²) in [6.07, 6.45) is 0. The highest BCUT2D eigenvalue weighted by atomic mass is 35.5. The Bertz CT molecular complexity index is 668. The number of benzene rings is 1. The maximum Gasteiger partial charge on any atom is 0.235 e. The second-order valence-electron chi connectivity index (χ2n) is 7.41. The number of hydrogen-bond donors (Lipinski definition) is 1. The molecule has 1 saturated heterocycles. The number of nitriles is 1. The van der Waals surface area contributed by atoms with E-state index in [9.17, 15) is 10.1 Å². The molecule has 1 aliphatic heterocycles. The number of amides is 1. The number of nitrogens with one attached hydrogen (secondary N) is 1. The lowest BCUT2D eigenvalue weighted by molar-refractivity contribution is -0.124. The molecule has 0 aliphatic carbocycles. The van der Waals surface area contributed by atoms with Crippen LogP contribution in [-0.2, 0) is 4.79 Å². The van der Waals surface area contributed by atoms with Crippen LogP contribution < -0.4 is 10.1 Å². The Hall–Kier alpha value is -1.81. The van der Waals surface area contributed by atoms with Gasteiger partial charge in [0.25, 0.3) is 0 Å². The standard InChI is InChI=1S/C20H29ClN4O2/c1-16(2)20(3,15-22)23-19(26)14-25-10-8-24(9-11-25)12-13-27-18-7-5-4-6-17(18)21/h4-7,16H,8-14H2,1-3H3,(H,23,26). The number of halogens is 1. The number of nitrogens with zero attached hydrogens (tertiary/aromatic N) is 3. The Morgan fingerprint density at radius 3 is 2.52 bits per heavy atom. The van der Waals surface area contributed by atoms with Crippen molar-refractivity contribution < 1.29 is 9.53 Å². The van der Waals surface area contributed by atoms with Crippen LogP contribution in [0.25, 0.3) is 0 Å². The van der Waals surface area contributed by atoms with Crippen molar-refractivity contribution in [3.8, 4) is 11.8 Å². The molecule has 0 saturated carbocycles. The third-order valence-electron chi connectivity index (χ3n) is 5.12. The van der Waals surface area contributed by atoms with Crippen molar-refractivity contribution in [3.05, 3.63) is 29.3 Å². The first-order chi connectivity index (χ1) is 12.8. The van der Waals surface area contributed by atoms with Gasteiger partial charge in [0.1, 0.15) is 17.9 Å². The molecule has 1 aromatic rings. The predicted octanol–water partition coefficient (Wildman–Crippen LogP) is 2.39. The lowest BCUT2D eigenvalue weighted by atomic mass is 9.90. The molecule has 1 atom stereocenters. The van der Waals surface area contributed by atoms with Gasteiger partial charge < -0.3 is 10.1 Å². The van der Waals surface area contributed by atoms with E-state index in [0.29, 0.717) is 23.9 Å². The van der Waals surface area contributed by atoms with Crippen LogP contribution >= 0.6 is 11.6 Å². The van der Waals surface area contributed by atoms with Crippen molar-refractivity contribution in [3.63, 3.8) is 0 Å². The van der Waals surface area contributed by atoms with Crippen LogP contribution in [0.3, 0.4) is 0 Å². The Labute approximate surface area is 167 Å². The molecular weight excluding hydrogens is 364 g/mol. The Kier molecular flexibility index (Phi) is 7.91. The molecule has 2 rings (SSSR count). The van der Waals surface area contributed by atoms with Gasteiger partial charge in [0.05, 0.1) is 17.6 Å². The van der Waals surface area contributed by atoms with E-state index in [1.54, 1.807) is 6.92 Å². The molecular formula is C20H29ClN4O2. The number of ether oxygens (including phenoxy) is 1. The first-order valence-corrected chi connectivity index (χ1v) is 9.76. The van der Waals surface area contributed by atoms with Gasteiger partial charge in [0.2, 0.25) is 5.91 Å². The molecule has 0 spiro atoms. The minimum absolute atomic E-state index is 0.0569. The van der Waals surface area contributed by atoms with E-state index < -0.39 is 5.54 Å². The number of para-hydroxylation sites is 1. The molecule has 148 valence electrons. The summed E-state index contributed by atoms with van der Waals surface area (Å²) in [7, 11) is 0. The van der Waals surface area contributed by atoms with E-state index in [1.165, 1.54) is 0 Å². The summed E-state index contributed by atoms with van der Waals surface area (Å²) in [5, 5.41) is 12.8. The van der Waals surface area contributed by atoms with Gasteiger partial charge in [-0.2, -0.15) is 5.26 Å². The van der Waals surface area contributed by atoms with E-state index in [-0.39, 0.29) is 11.8 Å². The predicted molar refractivity (Wildman–Crippen MR) is 107 cm³/mol. The van der Waals surface area contributed by atoms with Gasteiger partial charge in [-0.05, 0) is 25.0 Å². The fraction of sp³-hybridized carbons (Fsp3) is 0.600. The van der Waals surface area contributed by atoms with Crippen molar-refractivity contribution in [2.24, 2.45) is 5.92 Å². The molecule has 1 amide bonds. The summed E-state index contributed by atoms with van der Waals surface area (Å²) >= 11 is 6.09. The van der Waals surface area contributed by atoms with Crippen molar-refractivity contribution in [2.75, 3.05) is 45.9 Å². The average Bonchev–Trinajstić information content (AvgIpc) is 2.64. The maximum atomic E-state index is 12.3. The summed E-state index contributed by atoms with van der Waals surface area (Å²) in [6, 6.07) is 9.68. The summed E-state index contributed by atoms with van der Waals surface area (Å²) in [6.45, 7) is 10.8. The molecule has 6 nitrogen and oxygen atoms in total. The lowest BCUT2D eigenvalue weighted by Gasteiger charge is -2.35. The first kappa shape index (κ1) is 21.5. The van der Waals surface area contributed by atoms with Gasteiger partial charge in [-0.25, -0.2) is 0 Å². The van der Waals surface area contributed by atoms with Crippen LogP contribution in [0.4, 0.5) is 0 Å². The molecule has 1 N–H and O–H groups in total. The molecule has 0 aromatic heterocycles. The van der Waals surface area contributed by atoms with Gasteiger partial charge in [-0.3, -0.25) is 14.6 Å². The zero-order chi connectivity index (χ0) is 19.9. The molecule has 1 aliphatic rings. The van der Waals surface area contributed by atoms with Gasteiger partial charge in [-0.15, -0.1) is 0 Å². The third-order valence-corrected chi connectivity index (χ3v) is 5.43. The molecule has 7 heteroatoms. The Balaban J connectivity index is 1.69. The molecule has 1 unspecified atom stereocenters. The van der Waals surface area contributed by atoms with E-state index in [2.05, 4.69) is 21.2 Å². The van der Waals surface area contributed by atoms with E-state index in [0.717, 1.165) is 32.7 Å². The Morgan fingerprint density at radius 1 is 1.30 bits per heavy atom. The normalized spacial score (nSPS) is 17.9. The highest BCUT2D eigenvalue weighted by Gasteiger charge is 2.30. The van der Waals surface area contributed by atoms with Gasteiger partial charge in [-0.1, -0.05) is 37.6 Å². The van der Waals surface area contributed by atoms with Gasteiger partial charge in [0.15, 0.2) is 0 Å². The van der Waals surface area contributed by atoms with Crippen LogP contribution in [0.5, 0.6) is 5.75 Å². The number of carbonyl (C=O) groups is 1. The number of carbonyl (C=O) groups excluding carboxylic acids is 1. The number of piperazine rings is 1. The molecule has 0 radical (unpaired) electrons. The van der Waals surface area contributed by atoms with Crippen LogP contribution in [0, 0.1) is 17.2 Å². The third kappa shape index (κ3) is 6.39. The lowest BCUT2D eigenvalue weighted by Crippen LogP contribution is -2.54. The van der Waals surface area contributed by atoms with Crippen LogP contribution in [-0.4, -0.2) is 67.1 Å². The van der Waals surface area contributed by atoms with Crippen molar-refractivity contribution in [1.82, 2.24) is 15.1 Å². The molecule has 1 aromatic carbocycles. The SMILES string of the molecule is CC(C)C(C)(C#N)NC(=O)CN1CCN(CCOc2ccccc2Cl)CC1. The van der Waals surface area contributed by atoms with Gasteiger partial charge in [0, 0.05) is 32.7 Å². The number of rotatable bonds is 8. The second kappa shape index (κ2) is 9.93. The largest absolute Gasteiger partial charge is 0.491 e. The zero-order valence-corrected chi connectivity index (χ0v) is 17.1. The molecule has 1 heterocycles. The molecule has 27 heavy (non-hydrogen) atoms. The highest BCUT2D eigenvalue weighted by molar-refractivity contribution is 6.32. The van der Waals surface area contributed by atoms with E-state index in [4.69, 9.17) is 16.3 Å². The number of hydrogen-bond acceptors (Lipinski definition) is 5. The minimum atomic E-state index is -0.824. The molecule has 1 fully saturated rings. The smallest absolute Gasteiger partial charge is 0.235 e. The second-order valence-corrected chi connectivity index (χ2v) is 7.82. The monoisotopic (exact) mass is 392 g/mol. The first-order valence-electron chi connectivity index (χ1n) is 9.38. The average molecular weight is 393 g/mol. The summed E-state index contributed by atoms with van der Waals surface area (Å²) < 4.78 is 5.74. The fourth-order valence-corrected chi connectivity index (χ4v) is 3.04. The van der Waals surface area contributed by atoms with Crippen LogP contribution in [0.1, 0.15) is 20.8 Å². The van der Waals surface area contributed by atoms with Gasteiger partial charge >= 0.3 is 0 Å². The quantitative estimate of drug-likeness (QED) is 0.735. The zero-order valence-electron chi connectivity index (χ0n) is 16.4. The van der Waals surface area contributed by atoms with Crippen molar-refractivity contribution in [2.45, 2.75) is 26.3 Å². The fourth-order valence-electron chi connectivity index (χ4n) is 2.85. The molecule has 0 bridgehead atoms. The van der Waals surface area contributed by atoms with Crippen LogP contribution in [0.15, 0.2) is 24.3 Å². The van der Waals surface area contributed by atoms with Crippen molar-refractivity contribution in [1.29, 1.82) is 5.26 Å². The topological polar surface area (TPSA) is 68.6 Å². The maximum absolute atomic E-state index is 12.3.